The van der Waals surface area contributed by atoms with Gasteiger partial charge < -0.3 is 9.73 Å². The van der Waals surface area contributed by atoms with Crippen LogP contribution in [0.2, 0.25) is 0 Å². The van der Waals surface area contributed by atoms with E-state index in [2.05, 4.69) is 31.1 Å². The predicted octanol–water partition coefficient (Wildman–Crippen LogP) is 3.55. The Bertz CT molecular complexity index is 462. The summed E-state index contributed by atoms with van der Waals surface area (Å²) in [5, 5.41) is 4.66. The SMILES string of the molecule is CC(C)CNCC(C)Sc1nc2ccccc2o1. The molecule has 0 aliphatic rings. The van der Waals surface area contributed by atoms with Gasteiger partial charge in [0.25, 0.3) is 5.22 Å². The van der Waals surface area contributed by atoms with Crippen molar-refractivity contribution < 1.29 is 4.42 Å². The van der Waals surface area contributed by atoms with Gasteiger partial charge in [0.2, 0.25) is 0 Å². The van der Waals surface area contributed by atoms with Gasteiger partial charge in [0.1, 0.15) is 5.52 Å². The van der Waals surface area contributed by atoms with E-state index in [9.17, 15) is 0 Å². The summed E-state index contributed by atoms with van der Waals surface area (Å²) in [6, 6.07) is 7.88. The third kappa shape index (κ3) is 3.75. The number of hydrogen-bond acceptors (Lipinski definition) is 4. The molecule has 0 fully saturated rings. The lowest BCUT2D eigenvalue weighted by molar-refractivity contribution is 0.487. The second-order valence-corrected chi connectivity index (χ2v) is 6.32. The fourth-order valence-electron chi connectivity index (χ4n) is 1.69. The van der Waals surface area contributed by atoms with Crippen molar-refractivity contribution in [2.45, 2.75) is 31.2 Å². The highest BCUT2D eigenvalue weighted by molar-refractivity contribution is 7.99. The first-order valence-corrected chi connectivity index (χ1v) is 7.26. The number of nitrogens with zero attached hydrogens (tertiary/aromatic N) is 1. The van der Waals surface area contributed by atoms with Gasteiger partial charge in [0.15, 0.2) is 5.58 Å². The number of fused-ring (bicyclic) bond motifs is 1. The number of aromatic nitrogens is 1. The molecule has 0 aliphatic heterocycles. The maximum atomic E-state index is 5.69. The lowest BCUT2D eigenvalue weighted by atomic mass is 10.2. The van der Waals surface area contributed by atoms with Crippen molar-refractivity contribution in [1.82, 2.24) is 10.3 Å². The van der Waals surface area contributed by atoms with E-state index in [0.29, 0.717) is 11.2 Å². The van der Waals surface area contributed by atoms with Crippen LogP contribution in [0.25, 0.3) is 11.1 Å². The van der Waals surface area contributed by atoms with Crippen LogP contribution in [0.15, 0.2) is 33.9 Å². The largest absolute Gasteiger partial charge is 0.431 e. The molecule has 0 amide bonds. The first-order valence-electron chi connectivity index (χ1n) is 6.38. The molecule has 0 spiro atoms. The number of thioether (sulfide) groups is 1. The summed E-state index contributed by atoms with van der Waals surface area (Å²) in [6.07, 6.45) is 0. The summed E-state index contributed by atoms with van der Waals surface area (Å²) in [5.74, 6) is 0.687. The highest BCUT2D eigenvalue weighted by Crippen LogP contribution is 2.26. The standard InChI is InChI=1S/C14H20N2OS/c1-10(2)8-15-9-11(3)18-14-16-12-6-4-5-7-13(12)17-14/h4-7,10-11,15H,8-9H2,1-3H3. The minimum atomic E-state index is 0.455. The van der Waals surface area contributed by atoms with Crippen molar-refractivity contribution in [3.05, 3.63) is 24.3 Å². The quantitative estimate of drug-likeness (QED) is 0.810. The van der Waals surface area contributed by atoms with Crippen molar-refractivity contribution >= 4 is 22.9 Å². The number of nitrogens with one attached hydrogen (secondary N) is 1. The number of hydrogen-bond donors (Lipinski definition) is 1. The molecule has 1 aromatic heterocycles. The fourth-order valence-corrected chi connectivity index (χ4v) is 2.52. The molecule has 0 radical (unpaired) electrons. The van der Waals surface area contributed by atoms with Crippen molar-refractivity contribution in [2.75, 3.05) is 13.1 Å². The van der Waals surface area contributed by atoms with Crippen LogP contribution in [0.4, 0.5) is 0 Å². The van der Waals surface area contributed by atoms with Crippen LogP contribution < -0.4 is 5.32 Å². The zero-order valence-electron chi connectivity index (χ0n) is 11.1. The third-order valence-electron chi connectivity index (χ3n) is 2.56. The molecule has 1 aromatic carbocycles. The van der Waals surface area contributed by atoms with Gasteiger partial charge in [-0.1, -0.05) is 44.7 Å². The molecule has 3 nitrogen and oxygen atoms in total. The first-order chi connectivity index (χ1) is 8.65. The van der Waals surface area contributed by atoms with E-state index in [4.69, 9.17) is 4.42 Å². The molecule has 0 bridgehead atoms. The lowest BCUT2D eigenvalue weighted by Crippen LogP contribution is -2.26. The van der Waals surface area contributed by atoms with E-state index in [1.165, 1.54) is 0 Å². The molecular formula is C14H20N2OS. The van der Waals surface area contributed by atoms with Crippen LogP contribution in [0.1, 0.15) is 20.8 Å². The van der Waals surface area contributed by atoms with Crippen molar-refractivity contribution in [2.24, 2.45) is 5.92 Å². The highest BCUT2D eigenvalue weighted by atomic mass is 32.2. The van der Waals surface area contributed by atoms with Crippen molar-refractivity contribution in [1.29, 1.82) is 0 Å². The van der Waals surface area contributed by atoms with Crippen molar-refractivity contribution in [3.8, 4) is 0 Å². The van der Waals surface area contributed by atoms with E-state index in [0.717, 1.165) is 29.4 Å². The summed E-state index contributed by atoms with van der Waals surface area (Å²) in [5.41, 5.74) is 1.80. The van der Waals surface area contributed by atoms with Gasteiger partial charge in [-0.05, 0) is 24.6 Å². The Kier molecular flexibility index (Phi) is 4.66. The molecular weight excluding hydrogens is 244 g/mol. The van der Waals surface area contributed by atoms with E-state index >= 15 is 0 Å². The van der Waals surface area contributed by atoms with E-state index in [-0.39, 0.29) is 0 Å². The lowest BCUT2D eigenvalue weighted by Gasteiger charge is -2.11. The number of benzene rings is 1. The maximum Gasteiger partial charge on any atom is 0.257 e. The summed E-state index contributed by atoms with van der Waals surface area (Å²) < 4.78 is 5.69. The maximum absolute atomic E-state index is 5.69. The van der Waals surface area contributed by atoms with E-state index in [1.54, 1.807) is 11.8 Å². The molecule has 0 saturated carbocycles. The molecule has 1 unspecified atom stereocenters. The molecule has 1 heterocycles. The van der Waals surface area contributed by atoms with Crippen LogP contribution in [0.5, 0.6) is 0 Å². The minimum Gasteiger partial charge on any atom is -0.431 e. The Morgan fingerprint density at radius 2 is 2.00 bits per heavy atom. The van der Waals surface area contributed by atoms with Gasteiger partial charge in [-0.3, -0.25) is 0 Å². The summed E-state index contributed by atoms with van der Waals surface area (Å²) in [6.45, 7) is 8.64. The predicted molar refractivity (Wildman–Crippen MR) is 77.0 cm³/mol. The van der Waals surface area contributed by atoms with Gasteiger partial charge in [-0.2, -0.15) is 0 Å². The zero-order valence-corrected chi connectivity index (χ0v) is 12.0. The van der Waals surface area contributed by atoms with E-state index < -0.39 is 0 Å². The van der Waals surface area contributed by atoms with Gasteiger partial charge >= 0.3 is 0 Å². The molecule has 1 atom stereocenters. The number of rotatable bonds is 6. The van der Waals surface area contributed by atoms with Crippen molar-refractivity contribution in [3.63, 3.8) is 0 Å². The van der Waals surface area contributed by atoms with E-state index in [1.807, 2.05) is 24.3 Å². The molecule has 2 aromatic rings. The van der Waals surface area contributed by atoms with Crippen LogP contribution in [0.3, 0.4) is 0 Å². The third-order valence-corrected chi connectivity index (χ3v) is 3.51. The molecule has 4 heteroatoms. The van der Waals surface area contributed by atoms with Crippen LogP contribution in [-0.2, 0) is 0 Å². The normalized spacial score (nSPS) is 13.3. The van der Waals surface area contributed by atoms with Gasteiger partial charge in [0.05, 0.1) is 0 Å². The highest BCUT2D eigenvalue weighted by Gasteiger charge is 2.10. The minimum absolute atomic E-state index is 0.455. The molecule has 18 heavy (non-hydrogen) atoms. The Labute approximate surface area is 112 Å². The monoisotopic (exact) mass is 264 g/mol. The second kappa shape index (κ2) is 6.25. The van der Waals surface area contributed by atoms with Crippen LogP contribution in [0, 0.1) is 5.92 Å². The fraction of sp³-hybridized carbons (Fsp3) is 0.500. The zero-order chi connectivity index (χ0) is 13.0. The van der Waals surface area contributed by atoms with Crippen LogP contribution >= 0.6 is 11.8 Å². The summed E-state index contributed by atoms with van der Waals surface area (Å²) >= 11 is 1.68. The molecule has 0 saturated heterocycles. The Morgan fingerprint density at radius 3 is 2.72 bits per heavy atom. The molecule has 98 valence electrons. The van der Waals surface area contributed by atoms with Gasteiger partial charge in [0, 0.05) is 11.8 Å². The number of oxazole rings is 1. The average Bonchev–Trinajstić information content (AvgIpc) is 2.70. The Balaban J connectivity index is 1.88. The topological polar surface area (TPSA) is 38.1 Å². The average molecular weight is 264 g/mol. The molecule has 1 N–H and O–H groups in total. The van der Waals surface area contributed by atoms with Gasteiger partial charge in [-0.25, -0.2) is 4.98 Å². The Hall–Kier alpha value is -1.00. The first kappa shape index (κ1) is 13.4. The second-order valence-electron chi connectivity index (χ2n) is 4.93. The summed E-state index contributed by atoms with van der Waals surface area (Å²) in [4.78, 5) is 4.46. The summed E-state index contributed by atoms with van der Waals surface area (Å²) in [7, 11) is 0. The molecule has 2 rings (SSSR count). The van der Waals surface area contributed by atoms with Crippen LogP contribution in [-0.4, -0.2) is 23.3 Å². The Morgan fingerprint density at radius 1 is 1.22 bits per heavy atom. The smallest absolute Gasteiger partial charge is 0.257 e. The number of para-hydroxylation sites is 2. The van der Waals surface area contributed by atoms with Gasteiger partial charge in [-0.15, -0.1) is 0 Å². The molecule has 0 aliphatic carbocycles.